The summed E-state index contributed by atoms with van der Waals surface area (Å²) in [5.41, 5.74) is 0. The summed E-state index contributed by atoms with van der Waals surface area (Å²) in [5.74, 6) is 0. The van der Waals surface area contributed by atoms with E-state index in [1.165, 1.54) is 0 Å². The molecule has 0 aromatic heterocycles. The molecule has 0 aromatic carbocycles. The molecule has 1 rings (SSSR count). The van der Waals surface area contributed by atoms with Gasteiger partial charge < -0.3 is 18.9 Å². The quantitative estimate of drug-likeness (QED) is 0.654. The molecule has 4 atom stereocenters. The lowest BCUT2D eigenvalue weighted by Gasteiger charge is -2.25. The Kier molecular flexibility index (Phi) is 5.93. The summed E-state index contributed by atoms with van der Waals surface area (Å²) < 4.78 is 22.4. The monoisotopic (exact) mass is 242 g/mol. The zero-order chi connectivity index (χ0) is 13.0. The third-order valence-electron chi connectivity index (χ3n) is 2.64. The molecule has 0 saturated carbocycles. The molecule has 1 aliphatic heterocycles. The molecule has 0 aromatic rings. The Hall–Kier alpha value is -0.0951. The molecule has 0 N–H and O–H groups in total. The Morgan fingerprint density at radius 2 is 1.76 bits per heavy atom. The highest BCUT2D eigenvalue weighted by atomic mass is 16.6. The molecular weight excluding hydrogens is 219 g/mol. The summed E-state index contributed by atoms with van der Waals surface area (Å²) in [6.07, 6.45) is -0.309. The van der Waals surface area contributed by atoms with E-state index in [0.29, 0.717) is 6.61 Å². The Bertz CT molecular complexity index is 223. The highest BCUT2D eigenvalue weighted by Gasteiger charge is 2.43. The average Bonchev–Trinajstić information content (AvgIpc) is 2.51. The second kappa shape index (κ2) is 6.73. The highest BCUT2D eigenvalue weighted by molar-refractivity contribution is 6.11. The zero-order valence-corrected chi connectivity index (χ0v) is 11.4. The van der Waals surface area contributed by atoms with Crippen molar-refractivity contribution in [3.63, 3.8) is 0 Å². The molecular formula is C12H23BO4. The van der Waals surface area contributed by atoms with Gasteiger partial charge in [-0.05, 0) is 27.7 Å². The standard InChI is InChI=1S/C12H23BO4/c1-7(2)15-6-9-10(16-8(3)4)11(14-5)12(13)17-9/h7-12H,6H2,1-5H3. The summed E-state index contributed by atoms with van der Waals surface area (Å²) in [7, 11) is 7.49. The fourth-order valence-electron chi connectivity index (χ4n) is 1.92. The maximum Gasteiger partial charge on any atom is 0.114 e. The molecule has 1 fully saturated rings. The second-order valence-electron chi connectivity index (χ2n) is 4.87. The smallest absolute Gasteiger partial charge is 0.114 e. The molecule has 1 heterocycles. The van der Waals surface area contributed by atoms with Crippen molar-refractivity contribution in [3.05, 3.63) is 0 Å². The largest absolute Gasteiger partial charge is 0.377 e. The lowest BCUT2D eigenvalue weighted by Crippen LogP contribution is -2.40. The molecule has 17 heavy (non-hydrogen) atoms. The maximum atomic E-state index is 5.87. The van der Waals surface area contributed by atoms with Gasteiger partial charge in [-0.3, -0.25) is 0 Å². The van der Waals surface area contributed by atoms with Crippen LogP contribution in [0.5, 0.6) is 0 Å². The lowest BCUT2D eigenvalue weighted by molar-refractivity contribution is -0.0977. The van der Waals surface area contributed by atoms with Gasteiger partial charge in [0.25, 0.3) is 0 Å². The van der Waals surface area contributed by atoms with Crippen molar-refractivity contribution >= 4 is 7.85 Å². The van der Waals surface area contributed by atoms with Crippen LogP contribution in [-0.4, -0.2) is 58.1 Å². The summed E-state index contributed by atoms with van der Waals surface area (Å²) >= 11 is 0. The molecule has 0 amide bonds. The van der Waals surface area contributed by atoms with E-state index in [9.17, 15) is 0 Å². The minimum Gasteiger partial charge on any atom is -0.377 e. The van der Waals surface area contributed by atoms with Crippen molar-refractivity contribution in [1.82, 2.24) is 0 Å². The second-order valence-corrected chi connectivity index (χ2v) is 4.87. The molecule has 2 radical (unpaired) electrons. The first-order chi connectivity index (χ1) is 7.95. The van der Waals surface area contributed by atoms with Crippen molar-refractivity contribution < 1.29 is 18.9 Å². The number of hydrogen-bond acceptors (Lipinski definition) is 4. The van der Waals surface area contributed by atoms with Crippen molar-refractivity contribution in [2.24, 2.45) is 0 Å². The molecule has 0 spiro atoms. The lowest BCUT2D eigenvalue weighted by atomic mass is 9.92. The molecule has 4 unspecified atom stereocenters. The van der Waals surface area contributed by atoms with Gasteiger partial charge in [-0.2, -0.15) is 0 Å². The third-order valence-corrected chi connectivity index (χ3v) is 2.64. The van der Waals surface area contributed by atoms with Crippen molar-refractivity contribution in [1.29, 1.82) is 0 Å². The van der Waals surface area contributed by atoms with Crippen LogP contribution in [0.1, 0.15) is 27.7 Å². The molecule has 1 saturated heterocycles. The predicted octanol–water partition coefficient (Wildman–Crippen LogP) is 1.11. The normalized spacial score (nSPS) is 33.8. The van der Waals surface area contributed by atoms with Crippen LogP contribution in [0.2, 0.25) is 0 Å². The van der Waals surface area contributed by atoms with E-state index in [4.69, 9.17) is 26.8 Å². The molecule has 4 nitrogen and oxygen atoms in total. The fraction of sp³-hybridized carbons (Fsp3) is 1.00. The van der Waals surface area contributed by atoms with Gasteiger partial charge in [-0.25, -0.2) is 0 Å². The van der Waals surface area contributed by atoms with Crippen LogP contribution < -0.4 is 0 Å². The van der Waals surface area contributed by atoms with Gasteiger partial charge >= 0.3 is 0 Å². The Balaban J connectivity index is 2.60. The fourth-order valence-corrected chi connectivity index (χ4v) is 1.92. The van der Waals surface area contributed by atoms with Gasteiger partial charge in [0.2, 0.25) is 0 Å². The Labute approximate surface area is 105 Å². The van der Waals surface area contributed by atoms with Crippen molar-refractivity contribution in [3.8, 4) is 0 Å². The van der Waals surface area contributed by atoms with Gasteiger partial charge in [0, 0.05) is 13.1 Å². The van der Waals surface area contributed by atoms with Crippen LogP contribution in [-0.2, 0) is 18.9 Å². The molecule has 5 heteroatoms. The zero-order valence-electron chi connectivity index (χ0n) is 11.4. The summed E-state index contributed by atoms with van der Waals surface area (Å²) in [5, 5.41) is 0. The van der Waals surface area contributed by atoms with Gasteiger partial charge in [0.15, 0.2) is 0 Å². The predicted molar refractivity (Wildman–Crippen MR) is 66.3 cm³/mol. The Morgan fingerprint density at radius 3 is 2.24 bits per heavy atom. The number of hydrogen-bond donors (Lipinski definition) is 0. The van der Waals surface area contributed by atoms with E-state index < -0.39 is 6.00 Å². The van der Waals surface area contributed by atoms with Crippen LogP contribution in [0.25, 0.3) is 0 Å². The average molecular weight is 242 g/mol. The topological polar surface area (TPSA) is 36.9 Å². The minimum atomic E-state index is -0.454. The van der Waals surface area contributed by atoms with E-state index in [-0.39, 0.29) is 30.5 Å². The highest BCUT2D eigenvalue weighted by Crippen LogP contribution is 2.26. The van der Waals surface area contributed by atoms with E-state index in [1.54, 1.807) is 7.11 Å². The van der Waals surface area contributed by atoms with Gasteiger partial charge in [0.05, 0.1) is 18.8 Å². The van der Waals surface area contributed by atoms with E-state index in [0.717, 1.165) is 0 Å². The van der Waals surface area contributed by atoms with Crippen LogP contribution in [0.4, 0.5) is 0 Å². The van der Waals surface area contributed by atoms with Crippen molar-refractivity contribution in [2.45, 2.75) is 64.2 Å². The number of rotatable bonds is 6. The first-order valence-corrected chi connectivity index (χ1v) is 6.16. The summed E-state index contributed by atoms with van der Waals surface area (Å²) in [4.78, 5) is 0. The third kappa shape index (κ3) is 4.25. The molecule has 0 bridgehead atoms. The van der Waals surface area contributed by atoms with E-state index in [2.05, 4.69) is 0 Å². The maximum absolute atomic E-state index is 5.87. The van der Waals surface area contributed by atoms with Crippen LogP contribution in [0.15, 0.2) is 0 Å². The van der Waals surface area contributed by atoms with Crippen LogP contribution >= 0.6 is 0 Å². The SMILES string of the molecule is [B]C1OC(COC(C)C)C(OC(C)C)C1OC. The van der Waals surface area contributed by atoms with Gasteiger partial charge in [-0.15, -0.1) is 0 Å². The van der Waals surface area contributed by atoms with Gasteiger partial charge in [-0.1, -0.05) is 0 Å². The van der Waals surface area contributed by atoms with Crippen LogP contribution in [0, 0.1) is 0 Å². The summed E-state index contributed by atoms with van der Waals surface area (Å²) in [6, 6.07) is -0.454. The minimum absolute atomic E-state index is 0.105. The van der Waals surface area contributed by atoms with Crippen LogP contribution in [0.3, 0.4) is 0 Å². The molecule has 98 valence electrons. The Morgan fingerprint density at radius 1 is 1.12 bits per heavy atom. The first kappa shape index (κ1) is 15.0. The van der Waals surface area contributed by atoms with E-state index in [1.807, 2.05) is 27.7 Å². The first-order valence-electron chi connectivity index (χ1n) is 6.16. The van der Waals surface area contributed by atoms with E-state index >= 15 is 0 Å². The van der Waals surface area contributed by atoms with Gasteiger partial charge in [0.1, 0.15) is 26.2 Å². The molecule has 1 aliphatic rings. The number of ether oxygens (including phenoxy) is 4. The summed E-state index contributed by atoms with van der Waals surface area (Å²) in [6.45, 7) is 8.42. The molecule has 0 aliphatic carbocycles. The van der Waals surface area contributed by atoms with Crippen molar-refractivity contribution in [2.75, 3.05) is 13.7 Å². The number of methoxy groups -OCH3 is 1.